The molecule has 0 saturated carbocycles. The minimum atomic E-state index is -0.0107. The second kappa shape index (κ2) is 6.71. The van der Waals surface area contributed by atoms with E-state index in [0.29, 0.717) is 11.8 Å². The molecule has 1 N–H and O–H groups in total. The van der Waals surface area contributed by atoms with Crippen molar-refractivity contribution >= 4 is 5.91 Å². The van der Waals surface area contributed by atoms with Crippen LogP contribution in [0.4, 0.5) is 0 Å². The number of likely N-dealkylation sites (N-methyl/N-ethyl adjacent to an activating group) is 1. The zero-order chi connectivity index (χ0) is 14.7. The maximum absolute atomic E-state index is 12.7. The van der Waals surface area contributed by atoms with Gasteiger partial charge in [0.15, 0.2) is 0 Å². The van der Waals surface area contributed by atoms with E-state index in [1.807, 2.05) is 0 Å². The summed E-state index contributed by atoms with van der Waals surface area (Å²) < 4.78 is 0. The lowest BCUT2D eigenvalue weighted by molar-refractivity contribution is -0.134. The minimum Gasteiger partial charge on any atom is -0.322 e. The summed E-state index contributed by atoms with van der Waals surface area (Å²) in [6.07, 6.45) is 1.17. The van der Waals surface area contributed by atoms with Crippen molar-refractivity contribution in [2.45, 2.75) is 59.3 Å². The van der Waals surface area contributed by atoms with E-state index in [4.69, 9.17) is 0 Å². The normalized spacial score (nSPS) is 27.4. The van der Waals surface area contributed by atoms with Gasteiger partial charge in [-0.15, -0.1) is 0 Å². The average molecular weight is 269 g/mol. The predicted octanol–water partition coefficient (Wildman–Crippen LogP) is 1.77. The van der Waals surface area contributed by atoms with Gasteiger partial charge in [0.2, 0.25) is 5.91 Å². The van der Waals surface area contributed by atoms with Gasteiger partial charge >= 0.3 is 0 Å². The van der Waals surface area contributed by atoms with Crippen molar-refractivity contribution in [3.8, 4) is 0 Å². The number of nitrogens with zero attached hydrogens (tertiary/aromatic N) is 2. The summed E-state index contributed by atoms with van der Waals surface area (Å²) in [6.45, 7) is 11.7. The van der Waals surface area contributed by atoms with Gasteiger partial charge in [-0.05, 0) is 32.9 Å². The molecule has 19 heavy (non-hydrogen) atoms. The number of amides is 1. The molecule has 0 aliphatic carbocycles. The maximum atomic E-state index is 12.7. The van der Waals surface area contributed by atoms with Crippen LogP contribution in [-0.4, -0.2) is 54.6 Å². The molecule has 0 spiro atoms. The molecule has 1 fully saturated rings. The quantitative estimate of drug-likeness (QED) is 0.798. The summed E-state index contributed by atoms with van der Waals surface area (Å²) in [6, 6.07) is 0.266. The molecule has 1 saturated heterocycles. The Hall–Kier alpha value is -0.610. The summed E-state index contributed by atoms with van der Waals surface area (Å²) in [5.41, 5.74) is 0. The van der Waals surface area contributed by atoms with Crippen LogP contribution in [0.3, 0.4) is 0 Å². The third-order valence-electron chi connectivity index (χ3n) is 4.25. The van der Waals surface area contributed by atoms with E-state index in [0.717, 1.165) is 13.0 Å². The number of hydrogen-bond acceptors (Lipinski definition) is 3. The highest BCUT2D eigenvalue weighted by Crippen LogP contribution is 2.24. The zero-order valence-electron chi connectivity index (χ0n) is 13.6. The molecule has 1 aliphatic rings. The molecule has 4 heteroatoms. The van der Waals surface area contributed by atoms with Crippen LogP contribution in [0, 0.1) is 11.8 Å². The van der Waals surface area contributed by atoms with Crippen LogP contribution in [0.25, 0.3) is 0 Å². The Bertz CT molecular complexity index is 304. The summed E-state index contributed by atoms with van der Waals surface area (Å²) in [5, 5.41) is 3.47. The van der Waals surface area contributed by atoms with Gasteiger partial charge in [-0.25, -0.2) is 0 Å². The van der Waals surface area contributed by atoms with E-state index >= 15 is 0 Å². The van der Waals surface area contributed by atoms with Crippen LogP contribution in [0.5, 0.6) is 0 Å². The van der Waals surface area contributed by atoms with Crippen molar-refractivity contribution in [1.82, 2.24) is 15.1 Å². The number of nitrogens with one attached hydrogen (secondary N) is 1. The van der Waals surface area contributed by atoms with E-state index in [2.05, 4.69) is 63.8 Å². The van der Waals surface area contributed by atoms with Crippen molar-refractivity contribution in [2.75, 3.05) is 20.6 Å². The Morgan fingerprint density at radius 3 is 2.32 bits per heavy atom. The Morgan fingerprint density at radius 2 is 1.89 bits per heavy atom. The standard InChI is InChI=1S/C15H31N3O/c1-8-11(4)14-15(19)18(12(5)16-14)13(10(2)3)9-17(6)7/h10-14,16H,8-9H2,1-7H3. The molecule has 1 amide bonds. The van der Waals surface area contributed by atoms with Crippen LogP contribution in [0.1, 0.15) is 41.0 Å². The zero-order valence-corrected chi connectivity index (χ0v) is 13.6. The van der Waals surface area contributed by atoms with E-state index in [9.17, 15) is 4.79 Å². The van der Waals surface area contributed by atoms with E-state index < -0.39 is 0 Å². The first-order chi connectivity index (χ1) is 8.79. The molecular weight excluding hydrogens is 238 g/mol. The monoisotopic (exact) mass is 269 g/mol. The summed E-state index contributed by atoms with van der Waals surface area (Å²) in [7, 11) is 4.14. The van der Waals surface area contributed by atoms with Gasteiger partial charge in [-0.1, -0.05) is 34.1 Å². The highest BCUT2D eigenvalue weighted by Gasteiger charge is 2.42. The average Bonchev–Trinajstić information content (AvgIpc) is 2.61. The minimum absolute atomic E-state index is 0.0107. The molecule has 1 rings (SSSR count). The van der Waals surface area contributed by atoms with Crippen LogP contribution < -0.4 is 5.32 Å². The number of rotatable bonds is 6. The number of carbonyl (C=O) groups is 1. The molecule has 0 radical (unpaired) electrons. The van der Waals surface area contributed by atoms with Crippen molar-refractivity contribution < 1.29 is 4.79 Å². The fourth-order valence-corrected chi connectivity index (χ4v) is 2.85. The lowest BCUT2D eigenvalue weighted by Crippen LogP contribution is -2.50. The van der Waals surface area contributed by atoms with E-state index in [1.165, 1.54) is 0 Å². The van der Waals surface area contributed by atoms with Crippen molar-refractivity contribution in [2.24, 2.45) is 11.8 Å². The second-order valence-corrected chi connectivity index (χ2v) is 6.52. The first-order valence-corrected chi connectivity index (χ1v) is 7.52. The van der Waals surface area contributed by atoms with Gasteiger partial charge in [-0.2, -0.15) is 0 Å². The largest absolute Gasteiger partial charge is 0.322 e. The van der Waals surface area contributed by atoms with E-state index in [-0.39, 0.29) is 24.2 Å². The van der Waals surface area contributed by atoms with Crippen LogP contribution >= 0.6 is 0 Å². The molecule has 4 unspecified atom stereocenters. The number of carbonyl (C=O) groups excluding carboxylic acids is 1. The Balaban J connectivity index is 2.88. The third kappa shape index (κ3) is 3.69. The fourth-order valence-electron chi connectivity index (χ4n) is 2.85. The van der Waals surface area contributed by atoms with Gasteiger partial charge in [-0.3, -0.25) is 10.1 Å². The van der Waals surface area contributed by atoms with E-state index in [1.54, 1.807) is 0 Å². The molecule has 0 aromatic heterocycles. The highest BCUT2D eigenvalue weighted by atomic mass is 16.2. The molecule has 0 bridgehead atoms. The fraction of sp³-hybridized carbons (Fsp3) is 0.933. The Kier molecular flexibility index (Phi) is 5.81. The third-order valence-corrected chi connectivity index (χ3v) is 4.25. The summed E-state index contributed by atoms with van der Waals surface area (Å²) >= 11 is 0. The molecule has 1 aliphatic heterocycles. The Morgan fingerprint density at radius 1 is 1.32 bits per heavy atom. The summed E-state index contributed by atoms with van der Waals surface area (Å²) in [4.78, 5) is 16.9. The van der Waals surface area contributed by atoms with Gasteiger partial charge < -0.3 is 9.80 Å². The second-order valence-electron chi connectivity index (χ2n) is 6.52. The molecule has 0 aromatic carbocycles. The SMILES string of the molecule is CCC(C)C1NC(C)N(C(CN(C)C)C(C)C)C1=O. The smallest absolute Gasteiger partial charge is 0.241 e. The molecule has 0 aromatic rings. The maximum Gasteiger partial charge on any atom is 0.241 e. The van der Waals surface area contributed by atoms with Gasteiger partial charge in [0, 0.05) is 12.6 Å². The highest BCUT2D eigenvalue weighted by molar-refractivity contribution is 5.85. The van der Waals surface area contributed by atoms with Crippen LogP contribution in [-0.2, 0) is 4.79 Å². The van der Waals surface area contributed by atoms with Gasteiger partial charge in [0.05, 0.1) is 12.2 Å². The predicted molar refractivity (Wildman–Crippen MR) is 79.9 cm³/mol. The van der Waals surface area contributed by atoms with Crippen molar-refractivity contribution in [3.63, 3.8) is 0 Å². The molecule has 4 atom stereocenters. The van der Waals surface area contributed by atoms with Crippen LogP contribution in [0.2, 0.25) is 0 Å². The van der Waals surface area contributed by atoms with Crippen molar-refractivity contribution in [1.29, 1.82) is 0 Å². The topological polar surface area (TPSA) is 35.6 Å². The molecule has 112 valence electrons. The van der Waals surface area contributed by atoms with Gasteiger partial charge in [0.25, 0.3) is 0 Å². The molecule has 4 nitrogen and oxygen atoms in total. The Labute approximate surface area is 118 Å². The number of hydrogen-bond donors (Lipinski definition) is 1. The molecule has 1 heterocycles. The van der Waals surface area contributed by atoms with Crippen LogP contribution in [0.15, 0.2) is 0 Å². The van der Waals surface area contributed by atoms with Crippen molar-refractivity contribution in [3.05, 3.63) is 0 Å². The first kappa shape index (κ1) is 16.4. The van der Waals surface area contributed by atoms with Gasteiger partial charge in [0.1, 0.15) is 0 Å². The first-order valence-electron chi connectivity index (χ1n) is 7.52. The lowest BCUT2D eigenvalue weighted by Gasteiger charge is -2.35. The summed E-state index contributed by atoms with van der Waals surface area (Å²) in [5.74, 6) is 1.14. The molecular formula is C15H31N3O. The lowest BCUT2D eigenvalue weighted by atomic mass is 9.97.